The first kappa shape index (κ1) is 15.8. The van der Waals surface area contributed by atoms with E-state index >= 15 is 0 Å². The van der Waals surface area contributed by atoms with Crippen LogP contribution in [0.2, 0.25) is 0 Å². The van der Waals surface area contributed by atoms with E-state index in [4.69, 9.17) is 4.74 Å². The molecule has 1 aliphatic heterocycles. The number of hydrogen-bond donors (Lipinski definition) is 3. The Labute approximate surface area is 137 Å². The van der Waals surface area contributed by atoms with Gasteiger partial charge in [-0.2, -0.15) is 0 Å². The molecule has 0 aliphatic carbocycles. The molecule has 2 aromatic carbocycles. The maximum absolute atomic E-state index is 9.68. The maximum Gasteiger partial charge on any atom is 0.160 e. The van der Waals surface area contributed by atoms with Gasteiger partial charge >= 0.3 is 0 Å². The number of rotatable bonds is 5. The lowest BCUT2D eigenvalue weighted by molar-refractivity contribution is -1.02. The number of methoxy groups -OCH3 is 1. The van der Waals surface area contributed by atoms with Gasteiger partial charge in [0.2, 0.25) is 0 Å². The number of phenolic OH excluding ortho intramolecular Hbond substituents is 1. The van der Waals surface area contributed by atoms with Gasteiger partial charge in [-0.3, -0.25) is 0 Å². The highest BCUT2D eigenvalue weighted by molar-refractivity contribution is 5.41. The van der Waals surface area contributed by atoms with Crippen LogP contribution in [0.3, 0.4) is 0 Å². The van der Waals surface area contributed by atoms with Gasteiger partial charge in [0.1, 0.15) is 39.3 Å². The molecule has 0 spiro atoms. The lowest BCUT2D eigenvalue weighted by Gasteiger charge is -2.29. The number of piperazine rings is 1. The first-order chi connectivity index (χ1) is 11.2. The van der Waals surface area contributed by atoms with E-state index in [1.54, 1.807) is 23.0 Å². The van der Waals surface area contributed by atoms with Crippen molar-refractivity contribution in [3.63, 3.8) is 0 Å². The van der Waals surface area contributed by atoms with E-state index in [-0.39, 0.29) is 5.75 Å². The first-order valence-electron chi connectivity index (χ1n) is 8.31. The molecule has 0 saturated carbocycles. The fourth-order valence-corrected chi connectivity index (χ4v) is 3.32. The van der Waals surface area contributed by atoms with Gasteiger partial charge in [0.15, 0.2) is 11.5 Å². The van der Waals surface area contributed by atoms with Crippen LogP contribution in [0.1, 0.15) is 11.1 Å². The van der Waals surface area contributed by atoms with Gasteiger partial charge in [-0.15, -0.1) is 0 Å². The van der Waals surface area contributed by atoms with Crippen molar-refractivity contribution < 1.29 is 19.6 Å². The van der Waals surface area contributed by atoms with E-state index < -0.39 is 0 Å². The summed E-state index contributed by atoms with van der Waals surface area (Å²) < 4.78 is 5.19. The Morgan fingerprint density at radius 1 is 0.870 bits per heavy atom. The molecule has 0 bridgehead atoms. The summed E-state index contributed by atoms with van der Waals surface area (Å²) >= 11 is 0. The lowest BCUT2D eigenvalue weighted by atomic mass is 10.1. The molecule has 1 aliphatic rings. The quantitative estimate of drug-likeness (QED) is 0.720. The van der Waals surface area contributed by atoms with Gasteiger partial charge in [0, 0.05) is 11.1 Å². The number of nitrogens with one attached hydrogen (secondary N) is 2. The zero-order chi connectivity index (χ0) is 16.1. The molecule has 1 fully saturated rings. The summed E-state index contributed by atoms with van der Waals surface area (Å²) in [6.07, 6.45) is 0. The molecule has 4 nitrogen and oxygen atoms in total. The number of aromatic hydroxyl groups is 1. The van der Waals surface area contributed by atoms with Crippen molar-refractivity contribution in [3.8, 4) is 11.5 Å². The smallest absolute Gasteiger partial charge is 0.160 e. The average Bonchev–Trinajstić information content (AvgIpc) is 2.59. The van der Waals surface area contributed by atoms with E-state index in [0.717, 1.165) is 13.1 Å². The highest BCUT2D eigenvalue weighted by atomic mass is 16.5. The summed E-state index contributed by atoms with van der Waals surface area (Å²) in [6.45, 7) is 6.91. The highest BCUT2D eigenvalue weighted by Crippen LogP contribution is 2.25. The van der Waals surface area contributed by atoms with Crippen LogP contribution >= 0.6 is 0 Å². The third-order valence-corrected chi connectivity index (χ3v) is 4.66. The van der Waals surface area contributed by atoms with E-state index in [9.17, 15) is 5.11 Å². The van der Waals surface area contributed by atoms with Gasteiger partial charge in [0.25, 0.3) is 0 Å². The van der Waals surface area contributed by atoms with Crippen LogP contribution in [0, 0.1) is 0 Å². The van der Waals surface area contributed by atoms with Crippen molar-refractivity contribution in [3.05, 3.63) is 59.7 Å². The molecule has 1 saturated heterocycles. The number of quaternary nitrogens is 2. The van der Waals surface area contributed by atoms with Crippen molar-refractivity contribution in [2.75, 3.05) is 33.3 Å². The summed E-state index contributed by atoms with van der Waals surface area (Å²) in [5, 5.41) is 9.68. The van der Waals surface area contributed by atoms with Gasteiger partial charge in [-0.1, -0.05) is 30.3 Å². The van der Waals surface area contributed by atoms with E-state index in [0.29, 0.717) is 5.75 Å². The van der Waals surface area contributed by atoms with Crippen LogP contribution in [0.25, 0.3) is 0 Å². The third-order valence-electron chi connectivity index (χ3n) is 4.66. The van der Waals surface area contributed by atoms with E-state index in [2.05, 4.69) is 30.3 Å². The summed E-state index contributed by atoms with van der Waals surface area (Å²) in [7, 11) is 1.59. The van der Waals surface area contributed by atoms with E-state index in [1.807, 2.05) is 12.1 Å². The lowest BCUT2D eigenvalue weighted by Crippen LogP contribution is -3.27. The normalized spacial score (nSPS) is 21.1. The fourth-order valence-electron chi connectivity index (χ4n) is 3.32. The second-order valence-corrected chi connectivity index (χ2v) is 6.35. The van der Waals surface area contributed by atoms with Crippen LogP contribution in [0.5, 0.6) is 11.5 Å². The summed E-state index contributed by atoms with van der Waals surface area (Å²) in [4.78, 5) is 3.28. The van der Waals surface area contributed by atoms with Crippen molar-refractivity contribution in [2.45, 2.75) is 13.1 Å². The van der Waals surface area contributed by atoms with Crippen LogP contribution in [-0.2, 0) is 13.1 Å². The average molecular weight is 314 g/mol. The molecule has 4 heteroatoms. The topological polar surface area (TPSA) is 38.3 Å². The number of hydrogen-bond acceptors (Lipinski definition) is 2. The second-order valence-electron chi connectivity index (χ2n) is 6.35. The van der Waals surface area contributed by atoms with Crippen molar-refractivity contribution >= 4 is 0 Å². The Kier molecular flexibility index (Phi) is 5.16. The Bertz CT molecular complexity index is 623. The van der Waals surface area contributed by atoms with Crippen molar-refractivity contribution in [2.24, 2.45) is 0 Å². The highest BCUT2D eigenvalue weighted by Gasteiger charge is 2.23. The van der Waals surface area contributed by atoms with Gasteiger partial charge in [-0.25, -0.2) is 0 Å². The van der Waals surface area contributed by atoms with Crippen molar-refractivity contribution in [1.82, 2.24) is 0 Å². The molecule has 0 unspecified atom stereocenters. The zero-order valence-electron chi connectivity index (χ0n) is 13.7. The predicted octanol–water partition coefficient (Wildman–Crippen LogP) is -0.116. The molecule has 1 heterocycles. The monoisotopic (exact) mass is 314 g/mol. The maximum atomic E-state index is 9.68. The summed E-state index contributed by atoms with van der Waals surface area (Å²) in [5.41, 5.74) is 2.65. The van der Waals surface area contributed by atoms with Gasteiger partial charge in [0.05, 0.1) is 7.11 Å². The zero-order valence-corrected chi connectivity index (χ0v) is 13.7. The second kappa shape index (κ2) is 7.49. The summed E-state index contributed by atoms with van der Waals surface area (Å²) in [6, 6.07) is 16.4. The standard InChI is InChI=1S/C19H24N2O2/c1-23-19-13-17(7-8-18(19)22)15-21-11-9-20(10-12-21)14-16-5-3-2-4-6-16/h2-8,13,22H,9-12,14-15H2,1H3/p+2. The molecule has 0 aromatic heterocycles. The Hall–Kier alpha value is -2.04. The number of benzene rings is 2. The Morgan fingerprint density at radius 2 is 1.48 bits per heavy atom. The Morgan fingerprint density at radius 3 is 2.09 bits per heavy atom. The number of ether oxygens (including phenoxy) is 1. The molecule has 3 rings (SSSR count). The fraction of sp³-hybridized carbons (Fsp3) is 0.368. The van der Waals surface area contributed by atoms with Crippen LogP contribution < -0.4 is 14.5 Å². The van der Waals surface area contributed by atoms with Gasteiger partial charge in [-0.05, 0) is 18.2 Å². The van der Waals surface area contributed by atoms with Crippen molar-refractivity contribution in [1.29, 1.82) is 0 Å². The molecular weight excluding hydrogens is 288 g/mol. The Balaban J connectivity index is 1.51. The molecule has 0 amide bonds. The van der Waals surface area contributed by atoms with Crippen LogP contribution in [0.4, 0.5) is 0 Å². The molecule has 0 atom stereocenters. The van der Waals surface area contributed by atoms with Crippen LogP contribution in [0.15, 0.2) is 48.5 Å². The SMILES string of the molecule is COc1cc(C[NH+]2CC[NH+](Cc3ccccc3)CC2)ccc1O. The molecule has 3 N–H and O–H groups in total. The molecule has 122 valence electrons. The third kappa shape index (κ3) is 4.24. The minimum Gasteiger partial charge on any atom is -0.504 e. The largest absolute Gasteiger partial charge is 0.504 e. The first-order valence-corrected chi connectivity index (χ1v) is 8.31. The summed E-state index contributed by atoms with van der Waals surface area (Å²) in [5.74, 6) is 0.776. The molecule has 2 aromatic rings. The van der Waals surface area contributed by atoms with Gasteiger partial charge < -0.3 is 19.6 Å². The van der Waals surface area contributed by atoms with E-state index in [1.165, 1.54) is 37.3 Å². The van der Waals surface area contributed by atoms with Crippen LogP contribution in [-0.4, -0.2) is 38.4 Å². The molecule has 23 heavy (non-hydrogen) atoms. The minimum absolute atomic E-state index is 0.211. The minimum atomic E-state index is 0.211. The molecular formula is C19H26N2O2+2. The number of phenols is 1. The predicted molar refractivity (Wildman–Crippen MR) is 89.9 cm³/mol. The molecule has 0 radical (unpaired) electrons.